The first-order valence-electron chi connectivity index (χ1n) is 3.44. The number of terminal acetylenes is 1. The van der Waals surface area contributed by atoms with Crippen LogP contribution in [0.1, 0.15) is 13.8 Å². The summed E-state index contributed by atoms with van der Waals surface area (Å²) in [6.45, 7) is 3.16. The van der Waals surface area contributed by atoms with Crippen molar-refractivity contribution in [3.8, 4) is 12.3 Å². The van der Waals surface area contributed by atoms with Crippen molar-refractivity contribution in [2.24, 2.45) is 17.6 Å². The van der Waals surface area contributed by atoms with Crippen molar-refractivity contribution in [1.29, 1.82) is 0 Å². The van der Waals surface area contributed by atoms with Gasteiger partial charge in [-0.3, -0.25) is 4.79 Å². The van der Waals surface area contributed by atoms with Crippen LogP contribution in [0.15, 0.2) is 0 Å². The number of nitrogens with two attached hydrogens (primary N) is 1. The van der Waals surface area contributed by atoms with E-state index in [9.17, 15) is 4.79 Å². The van der Waals surface area contributed by atoms with Gasteiger partial charge in [0.1, 0.15) is 0 Å². The summed E-state index contributed by atoms with van der Waals surface area (Å²) >= 11 is 0. The number of carbonyl (C=O) groups is 1. The van der Waals surface area contributed by atoms with E-state index in [2.05, 4.69) is 5.92 Å². The second kappa shape index (κ2) is 3.99. The van der Waals surface area contributed by atoms with Crippen molar-refractivity contribution in [3.05, 3.63) is 0 Å². The van der Waals surface area contributed by atoms with Crippen molar-refractivity contribution >= 4 is 5.91 Å². The van der Waals surface area contributed by atoms with Crippen molar-refractivity contribution in [3.63, 3.8) is 0 Å². The Bertz CT molecular complexity index is 181. The monoisotopic (exact) mass is 155 g/mol. The largest absolute Gasteiger partial charge is 0.392 e. The minimum atomic E-state index is -0.692. The van der Waals surface area contributed by atoms with E-state index in [0.29, 0.717) is 0 Å². The number of hydrogen-bond donors (Lipinski definition) is 2. The van der Waals surface area contributed by atoms with E-state index in [1.807, 2.05) is 0 Å². The molecule has 0 aromatic carbocycles. The van der Waals surface area contributed by atoms with Crippen LogP contribution in [0.25, 0.3) is 0 Å². The standard InChI is InChI=1S/C8H13NO2/c1-4-7(6(3)10)5(2)8(9)11/h1,5-7,10H,2-3H3,(H2,9,11). The van der Waals surface area contributed by atoms with Gasteiger partial charge in [0, 0.05) is 0 Å². The van der Waals surface area contributed by atoms with Gasteiger partial charge in [-0.1, -0.05) is 12.8 Å². The molecule has 0 saturated heterocycles. The Morgan fingerprint density at radius 3 is 2.18 bits per heavy atom. The quantitative estimate of drug-likeness (QED) is 0.551. The molecule has 3 unspecified atom stereocenters. The van der Waals surface area contributed by atoms with Gasteiger partial charge in [-0.25, -0.2) is 0 Å². The van der Waals surface area contributed by atoms with Crippen LogP contribution in [-0.2, 0) is 4.79 Å². The van der Waals surface area contributed by atoms with Gasteiger partial charge in [0.2, 0.25) is 5.91 Å². The molecule has 62 valence electrons. The van der Waals surface area contributed by atoms with E-state index in [4.69, 9.17) is 17.3 Å². The first-order valence-corrected chi connectivity index (χ1v) is 3.44. The Balaban J connectivity index is 4.29. The van der Waals surface area contributed by atoms with Crippen molar-refractivity contribution < 1.29 is 9.90 Å². The first-order chi connectivity index (χ1) is 5.00. The fourth-order valence-corrected chi connectivity index (χ4v) is 0.878. The molecule has 3 heteroatoms. The zero-order chi connectivity index (χ0) is 9.02. The molecule has 0 saturated carbocycles. The van der Waals surface area contributed by atoms with Gasteiger partial charge >= 0.3 is 0 Å². The summed E-state index contributed by atoms with van der Waals surface area (Å²) in [5, 5.41) is 9.08. The smallest absolute Gasteiger partial charge is 0.221 e. The second-order valence-corrected chi connectivity index (χ2v) is 2.62. The molecule has 0 aliphatic carbocycles. The third kappa shape index (κ3) is 2.60. The van der Waals surface area contributed by atoms with Crippen LogP contribution in [0.4, 0.5) is 0 Å². The summed E-state index contributed by atoms with van der Waals surface area (Å²) in [6.07, 6.45) is 4.40. The molecule has 1 amide bonds. The Hall–Kier alpha value is -1.01. The Kier molecular flexibility index (Phi) is 3.63. The minimum Gasteiger partial charge on any atom is -0.392 e. The summed E-state index contributed by atoms with van der Waals surface area (Å²) in [4.78, 5) is 10.6. The lowest BCUT2D eigenvalue weighted by Gasteiger charge is -2.18. The van der Waals surface area contributed by atoms with Gasteiger partial charge in [0.25, 0.3) is 0 Å². The number of hydrogen-bond acceptors (Lipinski definition) is 2. The van der Waals surface area contributed by atoms with E-state index in [1.165, 1.54) is 0 Å². The SMILES string of the molecule is C#CC(C(C)O)C(C)C(N)=O. The van der Waals surface area contributed by atoms with E-state index in [1.54, 1.807) is 13.8 Å². The number of aliphatic hydroxyl groups is 1. The fourth-order valence-electron chi connectivity index (χ4n) is 0.878. The van der Waals surface area contributed by atoms with Gasteiger partial charge in [-0.05, 0) is 6.92 Å². The molecule has 0 bridgehead atoms. The summed E-state index contributed by atoms with van der Waals surface area (Å²) < 4.78 is 0. The molecule has 11 heavy (non-hydrogen) atoms. The van der Waals surface area contributed by atoms with Crippen molar-refractivity contribution in [2.45, 2.75) is 20.0 Å². The topological polar surface area (TPSA) is 63.3 Å². The molecule has 3 atom stereocenters. The summed E-state index contributed by atoms with van der Waals surface area (Å²) in [6, 6.07) is 0. The highest BCUT2D eigenvalue weighted by Gasteiger charge is 2.23. The van der Waals surface area contributed by atoms with E-state index in [0.717, 1.165) is 0 Å². The lowest BCUT2D eigenvalue weighted by atomic mass is 9.90. The molecule has 0 heterocycles. The molecule has 0 rings (SSSR count). The maximum Gasteiger partial charge on any atom is 0.221 e. The highest BCUT2D eigenvalue weighted by atomic mass is 16.3. The number of rotatable bonds is 3. The Morgan fingerprint density at radius 1 is 1.64 bits per heavy atom. The molecule has 0 radical (unpaired) electrons. The predicted octanol–water partition coefficient (Wildman–Crippen LogP) is -0.262. The molecule has 0 aromatic rings. The molecule has 0 fully saturated rings. The third-order valence-electron chi connectivity index (χ3n) is 1.70. The fraction of sp³-hybridized carbons (Fsp3) is 0.625. The zero-order valence-corrected chi connectivity index (χ0v) is 6.74. The second-order valence-electron chi connectivity index (χ2n) is 2.62. The normalized spacial score (nSPS) is 18.0. The number of primary amides is 1. The van der Waals surface area contributed by atoms with Gasteiger partial charge in [-0.2, -0.15) is 0 Å². The molecule has 0 aromatic heterocycles. The molecular weight excluding hydrogens is 142 g/mol. The maximum absolute atomic E-state index is 10.6. The van der Waals surface area contributed by atoms with Crippen LogP contribution in [-0.4, -0.2) is 17.1 Å². The van der Waals surface area contributed by atoms with Crippen LogP contribution < -0.4 is 5.73 Å². The van der Waals surface area contributed by atoms with Crippen LogP contribution in [0.2, 0.25) is 0 Å². The minimum absolute atomic E-state index is 0.472. The number of aliphatic hydroxyl groups excluding tert-OH is 1. The molecule has 0 aliphatic heterocycles. The predicted molar refractivity (Wildman–Crippen MR) is 42.4 cm³/mol. The summed E-state index contributed by atoms with van der Waals surface area (Å²) in [7, 11) is 0. The average Bonchev–Trinajstić information content (AvgIpc) is 1.88. The highest BCUT2D eigenvalue weighted by Crippen LogP contribution is 2.13. The van der Waals surface area contributed by atoms with E-state index in [-0.39, 0.29) is 0 Å². The third-order valence-corrected chi connectivity index (χ3v) is 1.70. The van der Waals surface area contributed by atoms with Crippen LogP contribution >= 0.6 is 0 Å². The van der Waals surface area contributed by atoms with E-state index >= 15 is 0 Å². The molecular formula is C8H13NO2. The van der Waals surface area contributed by atoms with Crippen LogP contribution in [0.5, 0.6) is 0 Å². The summed E-state index contributed by atoms with van der Waals surface area (Å²) in [5.41, 5.74) is 5.00. The van der Waals surface area contributed by atoms with Gasteiger partial charge in [-0.15, -0.1) is 6.42 Å². The Morgan fingerprint density at radius 2 is 2.09 bits per heavy atom. The van der Waals surface area contributed by atoms with Gasteiger partial charge in [0.15, 0.2) is 0 Å². The highest BCUT2D eigenvalue weighted by molar-refractivity contribution is 5.77. The van der Waals surface area contributed by atoms with Gasteiger partial charge in [0.05, 0.1) is 17.9 Å². The zero-order valence-electron chi connectivity index (χ0n) is 6.74. The van der Waals surface area contributed by atoms with Crippen molar-refractivity contribution in [2.75, 3.05) is 0 Å². The molecule has 3 nitrogen and oxygen atoms in total. The average molecular weight is 155 g/mol. The number of carbonyl (C=O) groups excluding carboxylic acids is 1. The lowest BCUT2D eigenvalue weighted by molar-refractivity contribution is -0.123. The van der Waals surface area contributed by atoms with Crippen LogP contribution in [0.3, 0.4) is 0 Å². The van der Waals surface area contributed by atoms with Gasteiger partial charge < -0.3 is 10.8 Å². The molecule has 0 spiro atoms. The number of amides is 1. The first kappa shape index (κ1) is 9.99. The Labute approximate surface area is 66.6 Å². The van der Waals surface area contributed by atoms with E-state index < -0.39 is 23.8 Å². The molecule has 0 aliphatic rings. The lowest BCUT2D eigenvalue weighted by Crippen LogP contribution is -2.32. The maximum atomic E-state index is 10.6. The summed E-state index contributed by atoms with van der Waals surface area (Å²) in [5.74, 6) is 0.902. The van der Waals surface area contributed by atoms with Crippen molar-refractivity contribution in [1.82, 2.24) is 0 Å². The van der Waals surface area contributed by atoms with Crippen LogP contribution in [0, 0.1) is 24.2 Å². The molecule has 3 N–H and O–H groups in total.